The molecule has 0 unspecified atom stereocenters. The average Bonchev–Trinajstić information content (AvgIpc) is 1.86. The summed E-state index contributed by atoms with van der Waals surface area (Å²) in [5, 5.41) is 0. The molecule has 0 aliphatic heterocycles. The second kappa shape index (κ2) is 23.3. The monoisotopic (exact) mass is 527 g/mol. The van der Waals surface area contributed by atoms with Crippen LogP contribution in [0.25, 0.3) is 0 Å². The van der Waals surface area contributed by atoms with E-state index in [1.807, 2.05) is 0 Å². The number of hydrogen-bond acceptors (Lipinski definition) is 3. The molecule has 0 aromatic heterocycles. The van der Waals surface area contributed by atoms with Crippen LogP contribution in [-0.2, 0) is 145 Å². The topological polar surface area (TPSA) is 54.5 Å². The Morgan fingerprint density at radius 3 is 1.75 bits per heavy atom. The molecule has 0 spiro atoms. The fourth-order valence-electron chi connectivity index (χ4n) is 0.619. The van der Waals surface area contributed by atoms with E-state index < -0.39 is 0 Å². The smallest absolute Gasteiger partial charge is 0.196 e. The van der Waals surface area contributed by atoms with E-state index in [1.165, 1.54) is 25.2 Å². The minimum Gasteiger partial charge on any atom is -0.541 e. The van der Waals surface area contributed by atoms with E-state index in [-0.39, 0.29) is 163 Å². The summed E-state index contributed by atoms with van der Waals surface area (Å²) in [5.74, 6) is -0.484. The first kappa shape index (κ1) is 36.5. The molecule has 0 saturated carbocycles. The van der Waals surface area contributed by atoms with Crippen LogP contribution in [0.15, 0.2) is 0 Å². The SMILES string of the molecule is CC(=O)CN(C)C(=O)C[C-]=O.[CH3-].[Y].[Y].[Y].[Y]. The van der Waals surface area contributed by atoms with Gasteiger partial charge in [0.2, 0.25) is 0 Å². The Labute approximate surface area is 198 Å². The molecule has 0 aliphatic rings. The fourth-order valence-corrected chi connectivity index (χ4v) is 0.619. The van der Waals surface area contributed by atoms with Crippen molar-refractivity contribution in [1.82, 2.24) is 4.90 Å². The largest absolute Gasteiger partial charge is 0.541 e. The van der Waals surface area contributed by atoms with E-state index >= 15 is 0 Å². The van der Waals surface area contributed by atoms with Crippen LogP contribution >= 0.6 is 0 Å². The van der Waals surface area contributed by atoms with Crippen LogP contribution in [-0.4, -0.2) is 36.5 Å². The predicted octanol–water partition coefficient (Wildman–Crippen LogP) is -0.0261. The van der Waals surface area contributed by atoms with E-state index in [9.17, 15) is 14.4 Å². The molecule has 0 aliphatic carbocycles. The molecule has 4 radical (unpaired) electrons. The summed E-state index contributed by atoms with van der Waals surface area (Å²) in [6.45, 7) is 1.44. The van der Waals surface area contributed by atoms with Gasteiger partial charge in [-0.1, -0.05) is 6.42 Å². The molecule has 0 aromatic carbocycles. The summed E-state index contributed by atoms with van der Waals surface area (Å²) in [5.41, 5.74) is 0. The number of nitrogens with zero attached hydrogens (tertiary/aromatic N) is 1. The summed E-state index contributed by atoms with van der Waals surface area (Å²) in [4.78, 5) is 32.2. The molecule has 0 N–H and O–H groups in total. The third kappa shape index (κ3) is 22.4. The summed E-state index contributed by atoms with van der Waals surface area (Å²) in [6, 6.07) is 0. The van der Waals surface area contributed by atoms with Gasteiger partial charge in [-0.15, -0.1) is 0 Å². The molecule has 0 atom stereocenters. The Balaban J connectivity index is -0.0000000500. The summed E-state index contributed by atoms with van der Waals surface area (Å²) in [6.07, 6.45) is 1.20. The molecule has 8 heteroatoms. The zero-order chi connectivity index (χ0) is 8.85. The molecule has 0 rings (SSSR count). The molecule has 82 valence electrons. The van der Waals surface area contributed by atoms with Crippen molar-refractivity contribution in [2.75, 3.05) is 13.6 Å². The van der Waals surface area contributed by atoms with Gasteiger partial charge < -0.3 is 17.1 Å². The molecular formula is C8H13NO3Y4-2. The van der Waals surface area contributed by atoms with Gasteiger partial charge in [0, 0.05) is 138 Å². The number of carbonyl (C=O) groups excluding carboxylic acids is 3. The third-order valence-corrected chi connectivity index (χ3v) is 1.11. The van der Waals surface area contributed by atoms with Crippen LogP contribution in [0.1, 0.15) is 13.3 Å². The molecule has 4 nitrogen and oxygen atoms in total. The Bertz CT molecular complexity index is 190. The van der Waals surface area contributed by atoms with Crippen molar-refractivity contribution in [3.8, 4) is 0 Å². The number of carbonyl (C=O) groups is 2. The second-order valence-electron chi connectivity index (χ2n) is 2.27. The van der Waals surface area contributed by atoms with Crippen molar-refractivity contribution < 1.29 is 145 Å². The van der Waals surface area contributed by atoms with Gasteiger partial charge in [0.25, 0.3) is 0 Å². The van der Waals surface area contributed by atoms with Crippen LogP contribution < -0.4 is 0 Å². The maximum Gasteiger partial charge on any atom is 0.196 e. The number of Topliss-reactive ketones (excluding diaryl/α,β-unsaturated/α-hetero) is 1. The normalized spacial score (nSPS) is 6.12. The van der Waals surface area contributed by atoms with E-state index in [2.05, 4.69) is 0 Å². The van der Waals surface area contributed by atoms with Gasteiger partial charge in [-0.3, -0.25) is 15.9 Å². The summed E-state index contributed by atoms with van der Waals surface area (Å²) >= 11 is 0. The van der Waals surface area contributed by atoms with Crippen molar-refractivity contribution in [2.45, 2.75) is 13.3 Å². The fraction of sp³-hybridized carbons (Fsp3) is 0.500. The first-order valence-corrected chi connectivity index (χ1v) is 3.16. The quantitative estimate of drug-likeness (QED) is 0.382. The van der Waals surface area contributed by atoms with Gasteiger partial charge >= 0.3 is 0 Å². The van der Waals surface area contributed by atoms with Crippen LogP contribution in [0.5, 0.6) is 0 Å². The second-order valence-corrected chi connectivity index (χ2v) is 2.27. The van der Waals surface area contributed by atoms with Crippen LogP contribution in [0.4, 0.5) is 0 Å². The molecule has 0 bridgehead atoms. The Kier molecular flexibility index (Phi) is 53.2. The third-order valence-electron chi connectivity index (χ3n) is 1.11. The van der Waals surface area contributed by atoms with Gasteiger partial charge in [-0.2, -0.15) is 0 Å². The van der Waals surface area contributed by atoms with E-state index in [4.69, 9.17) is 0 Å². The first-order chi connectivity index (χ1) is 5.07. The van der Waals surface area contributed by atoms with Crippen molar-refractivity contribution in [2.24, 2.45) is 0 Å². The Morgan fingerprint density at radius 1 is 1.12 bits per heavy atom. The van der Waals surface area contributed by atoms with Gasteiger partial charge in [-0.25, -0.2) is 0 Å². The molecule has 1 amide bonds. The van der Waals surface area contributed by atoms with Crippen molar-refractivity contribution >= 4 is 18.0 Å². The molecule has 0 fully saturated rings. The standard InChI is InChI=1S/C7H10NO3.CH3.4Y/c1-6(10)5-8(2)7(11)3-4-9;;;;;/h3,5H2,1-2H3;1H3;;;;/q2*-1;;;;. The Hall–Kier alpha value is 3.23. The number of rotatable bonds is 4. The number of ketones is 1. The minimum absolute atomic E-state index is 0. The zero-order valence-electron chi connectivity index (χ0n) is 9.90. The van der Waals surface area contributed by atoms with Crippen molar-refractivity contribution in [3.05, 3.63) is 7.43 Å². The molecule has 16 heavy (non-hydrogen) atoms. The predicted molar refractivity (Wildman–Crippen MR) is 45.0 cm³/mol. The van der Waals surface area contributed by atoms with E-state index in [0.29, 0.717) is 0 Å². The maximum atomic E-state index is 10.8. The maximum absolute atomic E-state index is 10.8. The van der Waals surface area contributed by atoms with Gasteiger partial charge in [0.15, 0.2) is 5.91 Å². The average molecular weight is 527 g/mol. The van der Waals surface area contributed by atoms with Gasteiger partial charge in [-0.05, 0) is 6.92 Å². The van der Waals surface area contributed by atoms with Crippen LogP contribution in [0, 0.1) is 7.43 Å². The molecule has 0 saturated heterocycles. The molecule has 0 heterocycles. The first-order valence-electron chi connectivity index (χ1n) is 3.16. The van der Waals surface area contributed by atoms with E-state index in [0.717, 1.165) is 0 Å². The molecular weight excluding hydrogens is 514 g/mol. The van der Waals surface area contributed by atoms with Crippen LogP contribution in [0.3, 0.4) is 0 Å². The van der Waals surface area contributed by atoms with Gasteiger partial charge in [0.1, 0.15) is 5.78 Å². The van der Waals surface area contributed by atoms with E-state index in [1.54, 1.807) is 0 Å². The van der Waals surface area contributed by atoms with Crippen LogP contribution in [0.2, 0.25) is 0 Å². The number of likely N-dealkylation sites (N-methyl/N-ethyl adjacent to an activating group) is 1. The summed E-state index contributed by atoms with van der Waals surface area (Å²) in [7, 11) is 1.47. The minimum atomic E-state index is -0.379. The number of hydrogen-bond donors (Lipinski definition) is 0. The number of amides is 1. The zero-order valence-corrected chi connectivity index (χ0v) is 21.2. The van der Waals surface area contributed by atoms with Crippen molar-refractivity contribution in [3.63, 3.8) is 0 Å². The summed E-state index contributed by atoms with van der Waals surface area (Å²) < 4.78 is 0. The van der Waals surface area contributed by atoms with Gasteiger partial charge in [0.05, 0.1) is 6.54 Å². The Morgan fingerprint density at radius 2 is 1.50 bits per heavy atom. The van der Waals surface area contributed by atoms with Crippen molar-refractivity contribution in [1.29, 1.82) is 0 Å². The molecule has 0 aromatic rings.